The number of fused-ring (bicyclic) bond motifs is 1. The van der Waals surface area contributed by atoms with E-state index in [2.05, 4.69) is 41.4 Å². The van der Waals surface area contributed by atoms with E-state index < -0.39 is 0 Å². The molecular weight excluding hydrogens is 426 g/mol. The number of hydrogen-bond acceptors (Lipinski definition) is 4. The van der Waals surface area contributed by atoms with Gasteiger partial charge in [-0.3, -0.25) is 9.89 Å². The van der Waals surface area contributed by atoms with Gasteiger partial charge in [-0.05, 0) is 49.2 Å². The van der Waals surface area contributed by atoms with E-state index in [1.165, 1.54) is 5.56 Å². The van der Waals surface area contributed by atoms with Gasteiger partial charge >= 0.3 is 0 Å². The second kappa shape index (κ2) is 9.06. The second-order valence-electron chi connectivity index (χ2n) is 8.42. The first-order valence-corrected chi connectivity index (χ1v) is 11.4. The number of methoxy groups -OCH3 is 1. The first kappa shape index (κ1) is 21.8. The minimum atomic E-state index is -0.292. The molecule has 0 radical (unpaired) electrons. The van der Waals surface area contributed by atoms with Crippen molar-refractivity contribution < 1.29 is 14.3 Å². The van der Waals surface area contributed by atoms with Crippen LogP contribution in [0.4, 0.5) is 0 Å². The second-order valence-corrected chi connectivity index (χ2v) is 8.42. The van der Waals surface area contributed by atoms with E-state index in [9.17, 15) is 4.79 Å². The average molecular weight is 454 g/mol. The molecule has 0 saturated heterocycles. The SMILES string of the molecule is CCOc1cccc(C2c3c(-c4ccc(C)cc4)n[nH]c3C(=O)N2Cc2ccc(OC)cc2)c1. The zero-order valence-electron chi connectivity index (χ0n) is 19.5. The minimum absolute atomic E-state index is 0.0662. The molecule has 1 aromatic heterocycles. The van der Waals surface area contributed by atoms with Crippen molar-refractivity contribution in [2.45, 2.75) is 26.4 Å². The number of nitrogens with one attached hydrogen (secondary N) is 1. The number of H-pyrrole nitrogens is 1. The summed E-state index contributed by atoms with van der Waals surface area (Å²) in [5, 5.41) is 7.60. The number of benzene rings is 3. The molecule has 5 rings (SSSR count). The number of aromatic nitrogens is 2. The van der Waals surface area contributed by atoms with Crippen molar-refractivity contribution in [2.75, 3.05) is 13.7 Å². The third-order valence-electron chi connectivity index (χ3n) is 6.19. The van der Waals surface area contributed by atoms with Crippen molar-refractivity contribution >= 4 is 5.91 Å². The highest BCUT2D eigenvalue weighted by atomic mass is 16.5. The Morgan fingerprint density at radius 2 is 1.76 bits per heavy atom. The van der Waals surface area contributed by atoms with Crippen LogP contribution in [0.5, 0.6) is 11.5 Å². The van der Waals surface area contributed by atoms with Gasteiger partial charge in [0.05, 0.1) is 25.5 Å². The van der Waals surface area contributed by atoms with Gasteiger partial charge in [-0.2, -0.15) is 5.10 Å². The van der Waals surface area contributed by atoms with E-state index in [-0.39, 0.29) is 11.9 Å². The number of hydrogen-bond donors (Lipinski definition) is 1. The van der Waals surface area contributed by atoms with E-state index in [0.29, 0.717) is 18.8 Å². The zero-order chi connectivity index (χ0) is 23.7. The molecule has 34 heavy (non-hydrogen) atoms. The summed E-state index contributed by atoms with van der Waals surface area (Å²) in [7, 11) is 1.65. The van der Waals surface area contributed by atoms with E-state index in [0.717, 1.165) is 39.4 Å². The fourth-order valence-corrected chi connectivity index (χ4v) is 4.51. The number of rotatable bonds is 7. The third kappa shape index (κ3) is 3.92. The Bertz CT molecular complexity index is 1310. The lowest BCUT2D eigenvalue weighted by atomic mass is 9.95. The average Bonchev–Trinajstić information content (AvgIpc) is 3.40. The van der Waals surface area contributed by atoms with Crippen LogP contribution in [0.15, 0.2) is 72.8 Å². The molecule has 6 nitrogen and oxygen atoms in total. The van der Waals surface area contributed by atoms with Gasteiger partial charge in [-0.25, -0.2) is 0 Å². The summed E-state index contributed by atoms with van der Waals surface area (Å²) in [6.45, 7) is 5.06. The van der Waals surface area contributed by atoms with E-state index >= 15 is 0 Å². The lowest BCUT2D eigenvalue weighted by molar-refractivity contribution is 0.0730. The number of carbonyl (C=O) groups excluding carboxylic acids is 1. The monoisotopic (exact) mass is 453 g/mol. The van der Waals surface area contributed by atoms with Gasteiger partial charge in [-0.1, -0.05) is 54.1 Å². The van der Waals surface area contributed by atoms with Crippen molar-refractivity contribution in [1.29, 1.82) is 0 Å². The molecule has 0 aliphatic carbocycles. The molecule has 172 valence electrons. The molecule has 1 aliphatic rings. The lowest BCUT2D eigenvalue weighted by Crippen LogP contribution is -2.29. The van der Waals surface area contributed by atoms with Gasteiger partial charge in [0.25, 0.3) is 5.91 Å². The fourth-order valence-electron chi connectivity index (χ4n) is 4.51. The smallest absolute Gasteiger partial charge is 0.273 e. The number of amides is 1. The lowest BCUT2D eigenvalue weighted by Gasteiger charge is -2.27. The molecule has 0 saturated carbocycles. The molecule has 4 aromatic rings. The van der Waals surface area contributed by atoms with Gasteiger partial charge in [-0.15, -0.1) is 0 Å². The molecule has 1 aliphatic heterocycles. The van der Waals surface area contributed by atoms with E-state index in [4.69, 9.17) is 9.47 Å². The van der Waals surface area contributed by atoms with Crippen molar-refractivity contribution in [3.63, 3.8) is 0 Å². The van der Waals surface area contributed by atoms with Crippen LogP contribution in [-0.2, 0) is 6.54 Å². The number of aryl methyl sites for hydroxylation is 1. The number of aromatic amines is 1. The molecule has 0 spiro atoms. The summed E-state index contributed by atoms with van der Waals surface area (Å²) in [4.78, 5) is 15.5. The highest BCUT2D eigenvalue weighted by Crippen LogP contribution is 2.44. The Hall–Kier alpha value is -4.06. The first-order valence-electron chi connectivity index (χ1n) is 11.4. The molecule has 0 bridgehead atoms. The molecule has 1 amide bonds. The Morgan fingerprint density at radius 3 is 2.47 bits per heavy atom. The molecule has 0 fully saturated rings. The van der Waals surface area contributed by atoms with Crippen molar-refractivity contribution in [3.05, 3.63) is 101 Å². The van der Waals surface area contributed by atoms with Crippen LogP contribution in [0, 0.1) is 6.92 Å². The van der Waals surface area contributed by atoms with Crippen molar-refractivity contribution in [2.24, 2.45) is 0 Å². The van der Waals surface area contributed by atoms with Gasteiger partial charge < -0.3 is 14.4 Å². The molecule has 1 unspecified atom stereocenters. The standard InChI is InChI=1S/C28H27N3O3/c1-4-34-23-7-5-6-21(16-23)27-24-25(20-12-8-18(2)9-13-20)29-30-26(24)28(32)31(27)17-19-10-14-22(33-3)15-11-19/h5-16,27H,4,17H2,1-3H3,(H,29,30). The molecule has 1 atom stereocenters. The summed E-state index contributed by atoms with van der Waals surface area (Å²) >= 11 is 0. The summed E-state index contributed by atoms with van der Waals surface area (Å²) in [5.74, 6) is 1.50. The predicted molar refractivity (Wildman–Crippen MR) is 131 cm³/mol. The van der Waals surface area contributed by atoms with E-state index in [1.54, 1.807) is 7.11 Å². The summed E-state index contributed by atoms with van der Waals surface area (Å²) in [5.41, 5.74) is 6.40. The quantitative estimate of drug-likeness (QED) is 0.399. The van der Waals surface area contributed by atoms with E-state index in [1.807, 2.05) is 60.4 Å². The molecule has 1 N–H and O–H groups in total. The Labute approximate surface area is 199 Å². The van der Waals surface area contributed by atoms with Crippen molar-refractivity contribution in [1.82, 2.24) is 15.1 Å². The summed E-state index contributed by atoms with van der Waals surface area (Å²) < 4.78 is 11.1. The van der Waals surface area contributed by atoms with Gasteiger partial charge in [0.15, 0.2) is 0 Å². The van der Waals surface area contributed by atoms with Crippen molar-refractivity contribution in [3.8, 4) is 22.8 Å². The van der Waals surface area contributed by atoms with Crippen LogP contribution >= 0.6 is 0 Å². The highest BCUT2D eigenvalue weighted by molar-refractivity contribution is 6.00. The maximum Gasteiger partial charge on any atom is 0.273 e. The van der Waals surface area contributed by atoms with Gasteiger partial charge in [0.2, 0.25) is 0 Å². The largest absolute Gasteiger partial charge is 0.497 e. The van der Waals surface area contributed by atoms with Gasteiger partial charge in [0, 0.05) is 17.7 Å². The highest BCUT2D eigenvalue weighted by Gasteiger charge is 2.42. The van der Waals surface area contributed by atoms with Crippen LogP contribution in [-0.4, -0.2) is 34.7 Å². The Morgan fingerprint density at radius 1 is 1.00 bits per heavy atom. The molecular formula is C28H27N3O3. The first-order chi connectivity index (χ1) is 16.6. The molecule has 3 aromatic carbocycles. The predicted octanol–water partition coefficient (Wildman–Crippen LogP) is 5.54. The fraction of sp³-hybridized carbons (Fsp3) is 0.214. The summed E-state index contributed by atoms with van der Waals surface area (Å²) in [6.07, 6.45) is 0. The van der Waals surface area contributed by atoms with Crippen LogP contribution in [0.2, 0.25) is 0 Å². The van der Waals surface area contributed by atoms with Crippen LogP contribution < -0.4 is 9.47 Å². The summed E-state index contributed by atoms with van der Waals surface area (Å²) in [6, 6.07) is 23.7. The Kier molecular flexibility index (Phi) is 5.80. The normalized spacial score (nSPS) is 14.9. The molecule has 6 heteroatoms. The third-order valence-corrected chi connectivity index (χ3v) is 6.19. The Balaban J connectivity index is 1.61. The molecule has 2 heterocycles. The zero-order valence-corrected chi connectivity index (χ0v) is 19.5. The number of ether oxygens (including phenoxy) is 2. The maximum absolute atomic E-state index is 13.6. The topological polar surface area (TPSA) is 67.5 Å². The minimum Gasteiger partial charge on any atom is -0.497 e. The maximum atomic E-state index is 13.6. The van der Waals surface area contributed by atoms with Crippen LogP contribution in [0.25, 0.3) is 11.3 Å². The van der Waals surface area contributed by atoms with Crippen LogP contribution in [0.3, 0.4) is 0 Å². The number of nitrogens with zero attached hydrogens (tertiary/aromatic N) is 2. The van der Waals surface area contributed by atoms with Gasteiger partial charge in [0.1, 0.15) is 17.2 Å². The van der Waals surface area contributed by atoms with Crippen LogP contribution in [0.1, 0.15) is 45.7 Å². The number of carbonyl (C=O) groups is 1.